The highest BCUT2D eigenvalue weighted by Crippen LogP contribution is 2.22. The smallest absolute Gasteiger partial charge is 0.248 e. The summed E-state index contributed by atoms with van der Waals surface area (Å²) in [5.41, 5.74) is 1.69. The Kier molecular flexibility index (Phi) is 4.60. The van der Waals surface area contributed by atoms with Crippen molar-refractivity contribution in [2.24, 2.45) is 0 Å². The molecule has 2 aromatic carbocycles. The predicted molar refractivity (Wildman–Crippen MR) is 93.3 cm³/mol. The van der Waals surface area contributed by atoms with Crippen molar-refractivity contribution < 1.29 is 9.21 Å². The SMILES string of the molecule is O=C(/C=C/c1ccc(-c2ccccc2)o1)Nc1ccc(Cl)cc1. The van der Waals surface area contributed by atoms with Crippen molar-refractivity contribution in [2.45, 2.75) is 0 Å². The average Bonchev–Trinajstić information content (AvgIpc) is 3.05. The zero-order valence-electron chi connectivity index (χ0n) is 12.2. The Bertz CT molecular complexity index is 820. The van der Waals surface area contributed by atoms with Gasteiger partial charge in [-0.3, -0.25) is 4.79 Å². The number of hydrogen-bond acceptors (Lipinski definition) is 2. The monoisotopic (exact) mass is 323 g/mol. The van der Waals surface area contributed by atoms with E-state index in [2.05, 4.69) is 5.32 Å². The minimum atomic E-state index is -0.231. The highest BCUT2D eigenvalue weighted by Gasteiger charge is 2.03. The molecule has 1 heterocycles. The highest BCUT2D eigenvalue weighted by molar-refractivity contribution is 6.30. The van der Waals surface area contributed by atoms with Gasteiger partial charge in [-0.2, -0.15) is 0 Å². The van der Waals surface area contributed by atoms with Gasteiger partial charge in [0.15, 0.2) is 0 Å². The van der Waals surface area contributed by atoms with E-state index >= 15 is 0 Å². The van der Waals surface area contributed by atoms with Crippen LogP contribution in [-0.4, -0.2) is 5.91 Å². The van der Waals surface area contributed by atoms with Crippen LogP contribution in [0.15, 0.2) is 77.2 Å². The Balaban J connectivity index is 1.65. The molecule has 0 radical (unpaired) electrons. The van der Waals surface area contributed by atoms with Gasteiger partial charge < -0.3 is 9.73 Å². The summed E-state index contributed by atoms with van der Waals surface area (Å²) in [6.45, 7) is 0. The molecule has 23 heavy (non-hydrogen) atoms. The molecular formula is C19H14ClNO2. The third-order valence-electron chi connectivity index (χ3n) is 3.20. The summed E-state index contributed by atoms with van der Waals surface area (Å²) >= 11 is 5.80. The van der Waals surface area contributed by atoms with E-state index in [1.807, 2.05) is 42.5 Å². The van der Waals surface area contributed by atoms with E-state index in [1.165, 1.54) is 6.08 Å². The van der Waals surface area contributed by atoms with Crippen LogP contribution in [0.1, 0.15) is 5.76 Å². The van der Waals surface area contributed by atoms with Gasteiger partial charge in [-0.15, -0.1) is 0 Å². The fraction of sp³-hybridized carbons (Fsp3) is 0. The van der Waals surface area contributed by atoms with Crippen LogP contribution in [0.2, 0.25) is 5.02 Å². The van der Waals surface area contributed by atoms with Gasteiger partial charge in [0.25, 0.3) is 0 Å². The number of halogens is 1. The van der Waals surface area contributed by atoms with E-state index in [4.69, 9.17) is 16.0 Å². The molecule has 0 saturated heterocycles. The van der Waals surface area contributed by atoms with E-state index in [0.717, 1.165) is 11.3 Å². The third-order valence-corrected chi connectivity index (χ3v) is 3.45. The van der Waals surface area contributed by atoms with E-state index in [9.17, 15) is 4.79 Å². The second kappa shape index (κ2) is 6.99. The summed E-state index contributed by atoms with van der Waals surface area (Å²) in [5.74, 6) is 1.16. The normalized spacial score (nSPS) is 10.8. The summed E-state index contributed by atoms with van der Waals surface area (Å²) in [5, 5.41) is 3.38. The fourth-order valence-electron chi connectivity index (χ4n) is 2.07. The Morgan fingerprint density at radius 2 is 1.70 bits per heavy atom. The first kappa shape index (κ1) is 15.1. The van der Waals surface area contributed by atoms with Crippen molar-refractivity contribution in [3.05, 3.63) is 83.6 Å². The zero-order chi connectivity index (χ0) is 16.1. The van der Waals surface area contributed by atoms with Gasteiger partial charge in [0.2, 0.25) is 5.91 Å². The lowest BCUT2D eigenvalue weighted by atomic mass is 10.2. The topological polar surface area (TPSA) is 42.2 Å². The van der Waals surface area contributed by atoms with Crippen LogP contribution < -0.4 is 5.32 Å². The average molecular weight is 324 g/mol. The molecule has 3 nitrogen and oxygen atoms in total. The quantitative estimate of drug-likeness (QED) is 0.666. The number of furan rings is 1. The molecule has 1 N–H and O–H groups in total. The van der Waals surface area contributed by atoms with Crippen LogP contribution in [0.5, 0.6) is 0 Å². The molecule has 0 atom stereocenters. The standard InChI is InChI=1S/C19H14ClNO2/c20-15-6-8-16(9-7-15)21-19(22)13-11-17-10-12-18(23-17)14-4-2-1-3-5-14/h1-13H,(H,21,22)/b13-11+. The lowest BCUT2D eigenvalue weighted by Gasteiger charge is -2.01. The minimum absolute atomic E-state index is 0.231. The maximum absolute atomic E-state index is 11.9. The summed E-state index contributed by atoms with van der Waals surface area (Å²) < 4.78 is 5.70. The maximum Gasteiger partial charge on any atom is 0.248 e. The van der Waals surface area contributed by atoms with Crippen LogP contribution in [0, 0.1) is 0 Å². The third kappa shape index (κ3) is 4.11. The molecule has 4 heteroatoms. The second-order valence-electron chi connectivity index (χ2n) is 4.90. The van der Waals surface area contributed by atoms with Crippen molar-refractivity contribution in [1.29, 1.82) is 0 Å². The molecule has 0 saturated carbocycles. The first-order valence-electron chi connectivity index (χ1n) is 7.10. The van der Waals surface area contributed by atoms with Gasteiger partial charge in [-0.25, -0.2) is 0 Å². The summed E-state index contributed by atoms with van der Waals surface area (Å²) in [7, 11) is 0. The van der Waals surface area contributed by atoms with E-state index in [0.29, 0.717) is 16.5 Å². The fourth-order valence-corrected chi connectivity index (χ4v) is 2.20. The van der Waals surface area contributed by atoms with Crippen molar-refractivity contribution >= 4 is 29.3 Å². The molecule has 0 spiro atoms. The first-order valence-corrected chi connectivity index (χ1v) is 7.48. The number of nitrogens with one attached hydrogen (secondary N) is 1. The molecule has 3 aromatic rings. The predicted octanol–water partition coefficient (Wildman–Crippen LogP) is 5.25. The molecule has 0 aliphatic carbocycles. The summed E-state index contributed by atoms with van der Waals surface area (Å²) in [4.78, 5) is 11.9. The van der Waals surface area contributed by atoms with Crippen LogP contribution in [-0.2, 0) is 4.79 Å². The molecule has 114 valence electrons. The Labute approximate surface area is 139 Å². The Hall–Kier alpha value is -2.78. The van der Waals surface area contributed by atoms with E-state index in [1.54, 1.807) is 30.3 Å². The number of benzene rings is 2. The largest absolute Gasteiger partial charge is 0.457 e. The summed E-state index contributed by atoms with van der Waals surface area (Å²) in [6, 6.07) is 20.4. The number of hydrogen-bond donors (Lipinski definition) is 1. The lowest BCUT2D eigenvalue weighted by molar-refractivity contribution is -0.111. The van der Waals surface area contributed by atoms with Crippen LogP contribution in [0.4, 0.5) is 5.69 Å². The van der Waals surface area contributed by atoms with Crippen molar-refractivity contribution in [2.75, 3.05) is 5.32 Å². The highest BCUT2D eigenvalue weighted by atomic mass is 35.5. The van der Waals surface area contributed by atoms with Crippen LogP contribution in [0.25, 0.3) is 17.4 Å². The zero-order valence-corrected chi connectivity index (χ0v) is 13.0. The van der Waals surface area contributed by atoms with Crippen LogP contribution in [0.3, 0.4) is 0 Å². The maximum atomic E-state index is 11.9. The van der Waals surface area contributed by atoms with Gasteiger partial charge in [-0.05, 0) is 42.5 Å². The van der Waals surface area contributed by atoms with Gasteiger partial charge in [0, 0.05) is 22.3 Å². The van der Waals surface area contributed by atoms with Crippen molar-refractivity contribution in [3.63, 3.8) is 0 Å². The number of amides is 1. The molecule has 3 rings (SSSR count). The molecule has 0 fully saturated rings. The van der Waals surface area contributed by atoms with Crippen molar-refractivity contribution in [3.8, 4) is 11.3 Å². The molecule has 0 aliphatic heterocycles. The number of carbonyl (C=O) groups excluding carboxylic acids is 1. The van der Waals surface area contributed by atoms with Gasteiger partial charge in [-0.1, -0.05) is 41.9 Å². The molecule has 0 unspecified atom stereocenters. The number of carbonyl (C=O) groups is 1. The van der Waals surface area contributed by atoms with Gasteiger partial charge in [0.1, 0.15) is 11.5 Å². The van der Waals surface area contributed by atoms with E-state index < -0.39 is 0 Å². The molecule has 0 bridgehead atoms. The summed E-state index contributed by atoms with van der Waals surface area (Å²) in [6.07, 6.45) is 3.07. The number of rotatable bonds is 4. The lowest BCUT2D eigenvalue weighted by Crippen LogP contribution is -2.07. The second-order valence-corrected chi connectivity index (χ2v) is 5.33. The number of anilines is 1. The first-order chi connectivity index (χ1) is 11.2. The molecule has 1 aromatic heterocycles. The van der Waals surface area contributed by atoms with Gasteiger partial charge in [0.05, 0.1) is 0 Å². The molecule has 0 aliphatic rings. The Morgan fingerprint density at radius 1 is 0.957 bits per heavy atom. The van der Waals surface area contributed by atoms with Crippen LogP contribution >= 0.6 is 11.6 Å². The van der Waals surface area contributed by atoms with Crippen molar-refractivity contribution in [1.82, 2.24) is 0 Å². The molecule has 1 amide bonds. The minimum Gasteiger partial charge on any atom is -0.457 e. The van der Waals surface area contributed by atoms with Gasteiger partial charge >= 0.3 is 0 Å². The Morgan fingerprint density at radius 3 is 2.43 bits per heavy atom. The molecular weight excluding hydrogens is 310 g/mol. The van der Waals surface area contributed by atoms with E-state index in [-0.39, 0.29) is 5.91 Å².